The fourth-order valence-corrected chi connectivity index (χ4v) is 3.80. The molecule has 1 aliphatic rings. The fraction of sp³-hybridized carbons (Fsp3) is 0.455. The van der Waals surface area contributed by atoms with E-state index in [1.54, 1.807) is 0 Å². The third-order valence-corrected chi connectivity index (χ3v) is 4.72. The quantitative estimate of drug-likeness (QED) is 0.761. The molecule has 1 fully saturated rings. The van der Waals surface area contributed by atoms with Gasteiger partial charge >= 0.3 is 0 Å². The Bertz CT molecular complexity index is 609. The molecule has 1 heterocycles. The Morgan fingerprint density at radius 1 is 0.750 bits per heavy atom. The van der Waals surface area contributed by atoms with Crippen molar-refractivity contribution >= 4 is 0 Å². The molecule has 0 N–H and O–H groups in total. The largest absolute Gasteiger partial charge is 0.353 e. The second kappa shape index (κ2) is 7.50. The Morgan fingerprint density at radius 3 is 1.58 bits per heavy atom. The highest BCUT2D eigenvalue weighted by Gasteiger charge is 2.19. The summed E-state index contributed by atoms with van der Waals surface area (Å²) in [6, 6.07) is 13.5. The van der Waals surface area contributed by atoms with Crippen molar-refractivity contribution in [2.45, 2.75) is 46.6 Å². The van der Waals surface area contributed by atoms with Crippen LogP contribution in [0.15, 0.2) is 36.4 Å². The third-order valence-electron chi connectivity index (χ3n) is 4.72. The number of hydrogen-bond acceptors (Lipinski definition) is 2. The van der Waals surface area contributed by atoms with E-state index < -0.39 is 0 Å². The fourth-order valence-electron chi connectivity index (χ4n) is 3.80. The summed E-state index contributed by atoms with van der Waals surface area (Å²) >= 11 is 0. The van der Waals surface area contributed by atoms with Crippen molar-refractivity contribution in [3.63, 3.8) is 0 Å². The van der Waals surface area contributed by atoms with Crippen LogP contribution < -0.4 is 0 Å². The Labute approximate surface area is 146 Å². The number of hydrogen-bond donors (Lipinski definition) is 0. The number of benzene rings is 2. The number of rotatable bonds is 5. The minimum atomic E-state index is 0.00259. The molecule has 0 aliphatic carbocycles. The monoisotopic (exact) mass is 323 g/mol. The van der Waals surface area contributed by atoms with Gasteiger partial charge in [0.15, 0.2) is 0 Å². The standard InChI is InChI=1S/C22H29NO/c1-16-9-17(2)12-20(11-16)22(24-15-23-7-5-6-8-23)21-13-18(3)10-19(4)14-21/h9-14,22H,5-8,15H2,1-4H3. The van der Waals surface area contributed by atoms with E-state index in [2.05, 4.69) is 69.0 Å². The SMILES string of the molecule is Cc1cc(C)cc(C(OCN2CCCC2)c2cc(C)cc(C)c2)c1. The third kappa shape index (κ3) is 4.25. The van der Waals surface area contributed by atoms with Gasteiger partial charge in [-0.25, -0.2) is 0 Å². The van der Waals surface area contributed by atoms with Crippen LogP contribution in [0, 0.1) is 27.7 Å². The molecular weight excluding hydrogens is 294 g/mol. The number of nitrogens with zero attached hydrogens (tertiary/aromatic N) is 1. The minimum absolute atomic E-state index is 0.00259. The smallest absolute Gasteiger partial charge is 0.109 e. The normalized spacial score (nSPS) is 15.4. The van der Waals surface area contributed by atoms with Crippen LogP contribution >= 0.6 is 0 Å². The summed E-state index contributed by atoms with van der Waals surface area (Å²) in [5.41, 5.74) is 7.70. The molecular formula is C22H29NO. The lowest BCUT2D eigenvalue weighted by Gasteiger charge is -2.24. The molecule has 0 amide bonds. The van der Waals surface area contributed by atoms with E-state index in [1.807, 2.05) is 0 Å². The number of aryl methyl sites for hydroxylation is 4. The molecule has 1 saturated heterocycles. The van der Waals surface area contributed by atoms with Crippen LogP contribution in [-0.2, 0) is 4.74 Å². The highest BCUT2D eigenvalue weighted by molar-refractivity contribution is 5.38. The first-order valence-corrected chi connectivity index (χ1v) is 9.01. The van der Waals surface area contributed by atoms with Crippen molar-refractivity contribution in [1.82, 2.24) is 4.90 Å². The van der Waals surface area contributed by atoms with Crippen LogP contribution in [0.25, 0.3) is 0 Å². The molecule has 1 aliphatic heterocycles. The van der Waals surface area contributed by atoms with E-state index in [-0.39, 0.29) is 6.10 Å². The molecule has 24 heavy (non-hydrogen) atoms. The minimum Gasteiger partial charge on any atom is -0.353 e. The molecule has 2 heteroatoms. The first-order chi connectivity index (χ1) is 11.5. The van der Waals surface area contributed by atoms with E-state index in [0.29, 0.717) is 6.73 Å². The van der Waals surface area contributed by atoms with Gasteiger partial charge in [-0.3, -0.25) is 4.90 Å². The maximum atomic E-state index is 6.44. The Balaban J connectivity index is 1.92. The van der Waals surface area contributed by atoms with Crippen LogP contribution in [0.2, 0.25) is 0 Å². The van der Waals surface area contributed by atoms with Gasteiger partial charge in [0.2, 0.25) is 0 Å². The summed E-state index contributed by atoms with van der Waals surface area (Å²) in [6.45, 7) is 11.7. The van der Waals surface area contributed by atoms with E-state index in [0.717, 1.165) is 13.1 Å². The molecule has 0 radical (unpaired) electrons. The molecule has 3 rings (SSSR count). The Kier molecular flexibility index (Phi) is 5.37. The summed E-state index contributed by atoms with van der Waals surface area (Å²) in [7, 11) is 0. The molecule has 0 spiro atoms. The predicted molar refractivity (Wildman–Crippen MR) is 100 cm³/mol. The lowest BCUT2D eigenvalue weighted by Crippen LogP contribution is -2.24. The topological polar surface area (TPSA) is 12.5 Å². The number of ether oxygens (including phenoxy) is 1. The molecule has 128 valence electrons. The Hall–Kier alpha value is -1.64. The average Bonchev–Trinajstić information content (AvgIpc) is 2.99. The summed E-state index contributed by atoms with van der Waals surface area (Å²) < 4.78 is 6.44. The van der Waals surface area contributed by atoms with Gasteiger partial charge in [-0.05, 0) is 51.7 Å². The predicted octanol–water partition coefficient (Wildman–Crippen LogP) is 5.08. The molecule has 2 nitrogen and oxygen atoms in total. The molecule has 0 unspecified atom stereocenters. The van der Waals surface area contributed by atoms with E-state index in [1.165, 1.54) is 46.2 Å². The lowest BCUT2D eigenvalue weighted by molar-refractivity contribution is 0.00376. The van der Waals surface area contributed by atoms with E-state index in [4.69, 9.17) is 4.74 Å². The second-order valence-corrected chi connectivity index (χ2v) is 7.34. The van der Waals surface area contributed by atoms with Crippen molar-refractivity contribution in [1.29, 1.82) is 0 Å². The first kappa shape index (κ1) is 17.2. The van der Waals surface area contributed by atoms with Gasteiger partial charge in [0.25, 0.3) is 0 Å². The van der Waals surface area contributed by atoms with Gasteiger partial charge in [0, 0.05) is 13.1 Å². The molecule has 2 aromatic rings. The highest BCUT2D eigenvalue weighted by Crippen LogP contribution is 2.29. The van der Waals surface area contributed by atoms with Crippen molar-refractivity contribution in [3.05, 3.63) is 69.8 Å². The van der Waals surface area contributed by atoms with Crippen LogP contribution in [0.4, 0.5) is 0 Å². The van der Waals surface area contributed by atoms with Gasteiger partial charge in [-0.15, -0.1) is 0 Å². The van der Waals surface area contributed by atoms with Gasteiger partial charge in [-0.2, -0.15) is 0 Å². The zero-order chi connectivity index (χ0) is 17.1. The maximum absolute atomic E-state index is 6.44. The van der Waals surface area contributed by atoms with Crippen LogP contribution in [0.1, 0.15) is 52.3 Å². The van der Waals surface area contributed by atoms with Gasteiger partial charge in [-0.1, -0.05) is 58.7 Å². The van der Waals surface area contributed by atoms with Crippen LogP contribution in [0.3, 0.4) is 0 Å². The average molecular weight is 323 g/mol. The van der Waals surface area contributed by atoms with Crippen molar-refractivity contribution < 1.29 is 4.74 Å². The zero-order valence-corrected chi connectivity index (χ0v) is 15.4. The molecule has 0 atom stereocenters. The Morgan fingerprint density at radius 2 is 1.17 bits per heavy atom. The molecule has 0 aromatic heterocycles. The lowest BCUT2D eigenvalue weighted by atomic mass is 9.95. The zero-order valence-electron chi connectivity index (χ0n) is 15.4. The maximum Gasteiger partial charge on any atom is 0.109 e. The molecule has 0 saturated carbocycles. The van der Waals surface area contributed by atoms with Gasteiger partial charge < -0.3 is 4.74 Å². The molecule has 2 aromatic carbocycles. The summed E-state index contributed by atoms with van der Waals surface area (Å²) in [5, 5.41) is 0. The van der Waals surface area contributed by atoms with Crippen molar-refractivity contribution in [3.8, 4) is 0 Å². The van der Waals surface area contributed by atoms with E-state index >= 15 is 0 Å². The second-order valence-electron chi connectivity index (χ2n) is 7.34. The number of likely N-dealkylation sites (tertiary alicyclic amines) is 1. The van der Waals surface area contributed by atoms with E-state index in [9.17, 15) is 0 Å². The van der Waals surface area contributed by atoms with Crippen molar-refractivity contribution in [2.24, 2.45) is 0 Å². The first-order valence-electron chi connectivity index (χ1n) is 9.01. The van der Waals surface area contributed by atoms with Crippen molar-refractivity contribution in [2.75, 3.05) is 19.8 Å². The molecule has 0 bridgehead atoms. The summed E-state index contributed by atoms with van der Waals surface area (Å²) in [5.74, 6) is 0. The van der Waals surface area contributed by atoms with Gasteiger partial charge in [0.1, 0.15) is 12.8 Å². The van der Waals surface area contributed by atoms with Crippen LogP contribution in [-0.4, -0.2) is 24.7 Å². The summed E-state index contributed by atoms with van der Waals surface area (Å²) in [4.78, 5) is 2.41. The van der Waals surface area contributed by atoms with Crippen LogP contribution in [0.5, 0.6) is 0 Å². The van der Waals surface area contributed by atoms with Gasteiger partial charge in [0.05, 0.1) is 0 Å². The summed E-state index contributed by atoms with van der Waals surface area (Å²) in [6.07, 6.45) is 2.59. The highest BCUT2D eigenvalue weighted by atomic mass is 16.5.